The molecule has 2 atom stereocenters. The van der Waals surface area contributed by atoms with E-state index in [0.29, 0.717) is 5.88 Å². The van der Waals surface area contributed by atoms with E-state index in [4.69, 9.17) is 11.6 Å². The molecule has 13 heavy (non-hydrogen) atoms. The molecule has 0 N–H and O–H groups in total. The highest BCUT2D eigenvalue weighted by Gasteiger charge is 2.09. The van der Waals surface area contributed by atoms with Crippen molar-refractivity contribution in [2.45, 2.75) is 5.92 Å². The summed E-state index contributed by atoms with van der Waals surface area (Å²) in [6, 6.07) is 9.42. The van der Waals surface area contributed by atoms with Crippen LogP contribution in [-0.2, 0) is 11.1 Å². The second-order valence-corrected chi connectivity index (χ2v) is 3.98. The fourth-order valence-corrected chi connectivity index (χ4v) is 2.17. The third kappa shape index (κ3) is 3.46. The standard InChI is InChI=1S/C9H11ClO2S/c10-6-9(7-13(11)12)8-4-2-1-3-5-8/h1-5,9H,6-7H2,(H,11,12)/p-1. The molecule has 0 saturated carbocycles. The zero-order chi connectivity index (χ0) is 9.68. The lowest BCUT2D eigenvalue weighted by atomic mass is 10.0. The largest absolute Gasteiger partial charge is 0.772 e. The van der Waals surface area contributed by atoms with E-state index in [0.717, 1.165) is 5.56 Å². The molecule has 4 heteroatoms. The summed E-state index contributed by atoms with van der Waals surface area (Å²) in [4.78, 5) is 0. The summed E-state index contributed by atoms with van der Waals surface area (Å²) in [7, 11) is 0. The van der Waals surface area contributed by atoms with Gasteiger partial charge in [0.2, 0.25) is 0 Å². The zero-order valence-electron chi connectivity index (χ0n) is 6.98. The van der Waals surface area contributed by atoms with Crippen LogP contribution < -0.4 is 0 Å². The molecule has 0 amide bonds. The number of alkyl halides is 1. The molecule has 1 aromatic rings. The Kier molecular flexibility index (Phi) is 4.42. The first kappa shape index (κ1) is 10.7. The minimum atomic E-state index is -2.03. The molecule has 1 rings (SSSR count). The van der Waals surface area contributed by atoms with Gasteiger partial charge in [-0.3, -0.25) is 4.21 Å². The van der Waals surface area contributed by atoms with Crippen LogP contribution in [0.3, 0.4) is 0 Å². The second kappa shape index (κ2) is 5.37. The van der Waals surface area contributed by atoms with Crippen LogP contribution in [0.15, 0.2) is 30.3 Å². The van der Waals surface area contributed by atoms with E-state index in [-0.39, 0.29) is 11.7 Å². The number of hydrogen-bond acceptors (Lipinski definition) is 2. The highest BCUT2D eigenvalue weighted by Crippen LogP contribution is 2.17. The Labute approximate surface area is 85.2 Å². The third-order valence-electron chi connectivity index (χ3n) is 1.79. The lowest BCUT2D eigenvalue weighted by Crippen LogP contribution is -2.10. The molecule has 0 heterocycles. The number of benzene rings is 1. The number of halogens is 1. The average Bonchev–Trinajstić information content (AvgIpc) is 2.15. The Bertz CT molecular complexity index is 276. The maximum Gasteiger partial charge on any atom is 0.0300 e. The quantitative estimate of drug-likeness (QED) is 0.571. The summed E-state index contributed by atoms with van der Waals surface area (Å²) >= 11 is 3.64. The van der Waals surface area contributed by atoms with E-state index in [1.165, 1.54) is 0 Å². The highest BCUT2D eigenvalue weighted by molar-refractivity contribution is 7.79. The van der Waals surface area contributed by atoms with Crippen molar-refractivity contribution in [3.05, 3.63) is 35.9 Å². The molecule has 0 aliphatic carbocycles. The summed E-state index contributed by atoms with van der Waals surface area (Å²) < 4.78 is 21.0. The molecule has 0 aromatic heterocycles. The van der Waals surface area contributed by atoms with Gasteiger partial charge < -0.3 is 4.55 Å². The number of hydrogen-bond donors (Lipinski definition) is 0. The van der Waals surface area contributed by atoms with Crippen molar-refractivity contribution >= 4 is 22.7 Å². The molecule has 72 valence electrons. The van der Waals surface area contributed by atoms with Gasteiger partial charge in [0.15, 0.2) is 0 Å². The maximum atomic E-state index is 10.5. The van der Waals surface area contributed by atoms with E-state index < -0.39 is 11.1 Å². The van der Waals surface area contributed by atoms with Crippen LogP contribution in [0.25, 0.3) is 0 Å². The Morgan fingerprint density at radius 2 is 2.00 bits per heavy atom. The Hall–Kier alpha value is -0.380. The molecule has 0 aliphatic heterocycles. The Morgan fingerprint density at radius 3 is 2.46 bits per heavy atom. The minimum Gasteiger partial charge on any atom is -0.772 e. The van der Waals surface area contributed by atoms with Crippen molar-refractivity contribution in [2.24, 2.45) is 0 Å². The first-order valence-corrected chi connectivity index (χ1v) is 5.68. The van der Waals surface area contributed by atoms with Crippen molar-refractivity contribution in [3.8, 4) is 0 Å². The van der Waals surface area contributed by atoms with Gasteiger partial charge in [-0.05, 0) is 5.56 Å². The van der Waals surface area contributed by atoms with Gasteiger partial charge in [-0.1, -0.05) is 41.4 Å². The first-order valence-electron chi connectivity index (χ1n) is 3.91. The van der Waals surface area contributed by atoms with Crippen LogP contribution in [0.1, 0.15) is 11.5 Å². The summed E-state index contributed by atoms with van der Waals surface area (Å²) in [5, 5.41) is 0. The van der Waals surface area contributed by atoms with Gasteiger partial charge in [-0.2, -0.15) is 0 Å². The molecule has 0 aliphatic rings. The molecule has 0 radical (unpaired) electrons. The fourth-order valence-electron chi connectivity index (χ4n) is 1.12. The molecule has 0 fully saturated rings. The van der Waals surface area contributed by atoms with Crippen molar-refractivity contribution in [1.82, 2.24) is 0 Å². The summed E-state index contributed by atoms with van der Waals surface area (Å²) in [6.45, 7) is 0. The monoisotopic (exact) mass is 217 g/mol. The van der Waals surface area contributed by atoms with E-state index in [9.17, 15) is 8.76 Å². The topological polar surface area (TPSA) is 40.1 Å². The molecule has 2 unspecified atom stereocenters. The molecule has 0 bridgehead atoms. The Balaban J connectivity index is 2.73. The minimum absolute atomic E-state index is 0.0908. The highest BCUT2D eigenvalue weighted by atomic mass is 35.5. The normalized spacial score (nSPS) is 15.2. The predicted molar refractivity (Wildman–Crippen MR) is 53.7 cm³/mol. The third-order valence-corrected chi connectivity index (χ3v) is 2.84. The predicted octanol–water partition coefficient (Wildman–Crippen LogP) is 1.89. The molecule has 2 nitrogen and oxygen atoms in total. The van der Waals surface area contributed by atoms with Crippen LogP contribution in [0.5, 0.6) is 0 Å². The Morgan fingerprint density at radius 1 is 1.38 bits per heavy atom. The first-order chi connectivity index (χ1) is 6.24. The molecule has 0 saturated heterocycles. The van der Waals surface area contributed by atoms with Gasteiger partial charge in [0, 0.05) is 17.6 Å². The van der Waals surface area contributed by atoms with Crippen LogP contribution >= 0.6 is 11.6 Å². The molecular formula is C9H10ClO2S-. The van der Waals surface area contributed by atoms with Gasteiger partial charge in [0.05, 0.1) is 0 Å². The van der Waals surface area contributed by atoms with E-state index >= 15 is 0 Å². The van der Waals surface area contributed by atoms with Crippen LogP contribution in [-0.4, -0.2) is 20.4 Å². The molecule has 1 aromatic carbocycles. The summed E-state index contributed by atoms with van der Waals surface area (Å²) in [5.74, 6) is 0.326. The lowest BCUT2D eigenvalue weighted by molar-refractivity contribution is 0.532. The van der Waals surface area contributed by atoms with E-state index in [1.807, 2.05) is 30.3 Å². The number of rotatable bonds is 4. The van der Waals surface area contributed by atoms with E-state index in [2.05, 4.69) is 0 Å². The average molecular weight is 218 g/mol. The fraction of sp³-hybridized carbons (Fsp3) is 0.333. The lowest BCUT2D eigenvalue weighted by Gasteiger charge is -2.15. The second-order valence-electron chi connectivity index (χ2n) is 2.73. The van der Waals surface area contributed by atoms with Crippen molar-refractivity contribution in [3.63, 3.8) is 0 Å². The van der Waals surface area contributed by atoms with Crippen molar-refractivity contribution in [2.75, 3.05) is 11.6 Å². The van der Waals surface area contributed by atoms with Crippen LogP contribution in [0, 0.1) is 0 Å². The van der Waals surface area contributed by atoms with Gasteiger partial charge in [0.1, 0.15) is 0 Å². The van der Waals surface area contributed by atoms with Crippen molar-refractivity contribution < 1.29 is 8.76 Å². The smallest absolute Gasteiger partial charge is 0.0300 e. The maximum absolute atomic E-state index is 10.5. The SMILES string of the molecule is O=S([O-])CC(CCl)c1ccccc1. The van der Waals surface area contributed by atoms with Crippen molar-refractivity contribution in [1.29, 1.82) is 0 Å². The summed E-state index contributed by atoms with van der Waals surface area (Å²) in [6.07, 6.45) is 0. The van der Waals surface area contributed by atoms with E-state index in [1.54, 1.807) is 0 Å². The van der Waals surface area contributed by atoms with Gasteiger partial charge in [-0.15, -0.1) is 11.6 Å². The van der Waals surface area contributed by atoms with Gasteiger partial charge in [0.25, 0.3) is 0 Å². The molecule has 0 spiro atoms. The summed E-state index contributed by atoms with van der Waals surface area (Å²) in [5.41, 5.74) is 0.974. The van der Waals surface area contributed by atoms with Gasteiger partial charge >= 0.3 is 0 Å². The van der Waals surface area contributed by atoms with Gasteiger partial charge in [-0.25, -0.2) is 0 Å². The van der Waals surface area contributed by atoms with Crippen LogP contribution in [0.4, 0.5) is 0 Å². The molecular weight excluding hydrogens is 208 g/mol. The van der Waals surface area contributed by atoms with Crippen LogP contribution in [0.2, 0.25) is 0 Å². The zero-order valence-corrected chi connectivity index (χ0v) is 8.55.